The first-order chi connectivity index (χ1) is 8.36. The number of para-hydroxylation sites is 1. The number of rotatable bonds is 2. The van der Waals surface area contributed by atoms with Crippen LogP contribution in [0.3, 0.4) is 0 Å². The van der Waals surface area contributed by atoms with E-state index >= 15 is 0 Å². The van der Waals surface area contributed by atoms with E-state index in [1.807, 2.05) is 6.07 Å². The Bertz CT molecular complexity index is 669. The molecule has 1 aromatic carbocycles. The number of ketones is 1. The van der Waals surface area contributed by atoms with Gasteiger partial charge in [0.2, 0.25) is 0 Å². The van der Waals surface area contributed by atoms with Crippen LogP contribution in [0.1, 0.15) is 15.9 Å². The number of carbonyl (C=O) groups excluding carboxylic acids is 1. The van der Waals surface area contributed by atoms with E-state index in [0.29, 0.717) is 22.2 Å². The van der Waals surface area contributed by atoms with Gasteiger partial charge in [-0.2, -0.15) is 0 Å². The summed E-state index contributed by atoms with van der Waals surface area (Å²) in [7, 11) is 0. The fourth-order valence-corrected chi connectivity index (χ4v) is 1.73. The van der Waals surface area contributed by atoms with Gasteiger partial charge in [0.05, 0.1) is 28.4 Å². The number of furan rings is 1. The Morgan fingerprint density at radius 3 is 2.82 bits per heavy atom. The molecule has 0 radical (unpaired) electrons. The van der Waals surface area contributed by atoms with Gasteiger partial charge in [-0.25, -0.2) is 0 Å². The molecule has 0 saturated heterocycles. The van der Waals surface area contributed by atoms with Crippen LogP contribution in [-0.2, 0) is 0 Å². The van der Waals surface area contributed by atoms with Crippen LogP contribution in [0.5, 0.6) is 0 Å². The molecule has 0 aliphatic rings. The topological polar surface area (TPSA) is 56.0 Å². The molecule has 2 aromatic heterocycles. The molecule has 4 nitrogen and oxygen atoms in total. The minimum absolute atomic E-state index is 0.107. The minimum Gasteiger partial charge on any atom is -0.472 e. The van der Waals surface area contributed by atoms with Crippen molar-refractivity contribution in [3.8, 4) is 0 Å². The number of hydrogen-bond donors (Lipinski definition) is 0. The van der Waals surface area contributed by atoms with E-state index in [9.17, 15) is 4.79 Å². The maximum Gasteiger partial charge on any atom is 0.198 e. The molecule has 0 saturated carbocycles. The van der Waals surface area contributed by atoms with Crippen LogP contribution >= 0.6 is 0 Å². The van der Waals surface area contributed by atoms with Crippen molar-refractivity contribution in [2.45, 2.75) is 0 Å². The lowest BCUT2D eigenvalue weighted by atomic mass is 10.0. The van der Waals surface area contributed by atoms with Gasteiger partial charge in [0.15, 0.2) is 5.78 Å². The van der Waals surface area contributed by atoms with Crippen molar-refractivity contribution in [3.05, 3.63) is 60.3 Å². The lowest BCUT2D eigenvalue weighted by Gasteiger charge is -2.02. The highest BCUT2D eigenvalue weighted by molar-refractivity contribution is 6.14. The molecule has 82 valence electrons. The van der Waals surface area contributed by atoms with Crippen LogP contribution in [0.15, 0.2) is 53.6 Å². The Labute approximate surface area is 96.9 Å². The number of carbonyl (C=O) groups is 1. The van der Waals surface area contributed by atoms with E-state index in [1.54, 1.807) is 30.6 Å². The summed E-state index contributed by atoms with van der Waals surface area (Å²) in [4.78, 5) is 20.6. The number of nitrogens with zero attached hydrogens (tertiary/aromatic N) is 2. The van der Waals surface area contributed by atoms with Crippen LogP contribution in [0.4, 0.5) is 0 Å². The standard InChI is InChI=1S/C13H8N2O2/c16-13(9-4-7-17-8-9)10-2-1-3-11-12(10)15-6-5-14-11/h1-8H. The number of hydrogen-bond acceptors (Lipinski definition) is 4. The normalized spacial score (nSPS) is 10.6. The molecule has 0 N–H and O–H groups in total. The number of aromatic nitrogens is 2. The Morgan fingerprint density at radius 1 is 1.12 bits per heavy atom. The van der Waals surface area contributed by atoms with E-state index < -0.39 is 0 Å². The predicted molar refractivity (Wildman–Crippen MR) is 61.7 cm³/mol. The van der Waals surface area contributed by atoms with Crippen molar-refractivity contribution in [3.63, 3.8) is 0 Å². The Hall–Kier alpha value is -2.49. The van der Waals surface area contributed by atoms with Crippen molar-refractivity contribution in [1.82, 2.24) is 9.97 Å². The Morgan fingerprint density at radius 2 is 2.00 bits per heavy atom. The zero-order valence-electron chi connectivity index (χ0n) is 8.83. The second-order valence-corrected chi connectivity index (χ2v) is 3.57. The summed E-state index contributed by atoms with van der Waals surface area (Å²) < 4.78 is 4.91. The summed E-state index contributed by atoms with van der Waals surface area (Å²) in [6.07, 6.45) is 6.09. The first-order valence-electron chi connectivity index (χ1n) is 5.13. The first kappa shape index (κ1) is 9.72. The largest absolute Gasteiger partial charge is 0.472 e. The smallest absolute Gasteiger partial charge is 0.198 e. The van der Waals surface area contributed by atoms with E-state index in [0.717, 1.165) is 0 Å². The molecule has 0 spiro atoms. The van der Waals surface area contributed by atoms with E-state index in [4.69, 9.17) is 4.42 Å². The van der Waals surface area contributed by atoms with Gasteiger partial charge >= 0.3 is 0 Å². The second kappa shape index (κ2) is 3.83. The third-order valence-corrected chi connectivity index (χ3v) is 2.53. The SMILES string of the molecule is O=C(c1ccoc1)c1cccc2nccnc12. The van der Waals surface area contributed by atoms with Gasteiger partial charge in [-0.15, -0.1) is 0 Å². The van der Waals surface area contributed by atoms with E-state index in [-0.39, 0.29) is 5.78 Å². The van der Waals surface area contributed by atoms with Gasteiger partial charge in [0, 0.05) is 12.4 Å². The average Bonchev–Trinajstić information content (AvgIpc) is 2.91. The molecule has 0 fully saturated rings. The highest BCUT2D eigenvalue weighted by Gasteiger charge is 2.14. The molecule has 0 unspecified atom stereocenters. The third kappa shape index (κ3) is 1.59. The van der Waals surface area contributed by atoms with Crippen LogP contribution in [0.25, 0.3) is 11.0 Å². The molecule has 3 rings (SSSR count). The molecule has 0 atom stereocenters. The van der Waals surface area contributed by atoms with Crippen LogP contribution in [0, 0.1) is 0 Å². The maximum absolute atomic E-state index is 12.2. The molecular formula is C13H8N2O2. The summed E-state index contributed by atoms with van der Waals surface area (Å²) in [5.74, 6) is -0.107. The summed E-state index contributed by atoms with van der Waals surface area (Å²) in [5.41, 5.74) is 2.38. The van der Waals surface area contributed by atoms with Crippen molar-refractivity contribution in [2.75, 3.05) is 0 Å². The second-order valence-electron chi connectivity index (χ2n) is 3.57. The van der Waals surface area contributed by atoms with Gasteiger partial charge in [-0.05, 0) is 18.2 Å². The lowest BCUT2D eigenvalue weighted by molar-refractivity contribution is 0.103. The molecular weight excluding hydrogens is 216 g/mol. The Kier molecular flexibility index (Phi) is 2.19. The van der Waals surface area contributed by atoms with Crippen molar-refractivity contribution in [2.24, 2.45) is 0 Å². The monoisotopic (exact) mass is 224 g/mol. The van der Waals surface area contributed by atoms with Crippen LogP contribution in [-0.4, -0.2) is 15.8 Å². The molecule has 2 heterocycles. The van der Waals surface area contributed by atoms with Crippen LogP contribution < -0.4 is 0 Å². The molecule has 0 aliphatic carbocycles. The molecule has 3 aromatic rings. The molecule has 0 aliphatic heterocycles. The lowest BCUT2D eigenvalue weighted by Crippen LogP contribution is -2.01. The summed E-state index contributed by atoms with van der Waals surface area (Å²) >= 11 is 0. The van der Waals surface area contributed by atoms with E-state index in [2.05, 4.69) is 9.97 Å². The highest BCUT2D eigenvalue weighted by Crippen LogP contribution is 2.17. The van der Waals surface area contributed by atoms with Crippen molar-refractivity contribution < 1.29 is 9.21 Å². The zero-order valence-corrected chi connectivity index (χ0v) is 8.83. The van der Waals surface area contributed by atoms with Crippen LogP contribution in [0.2, 0.25) is 0 Å². The first-order valence-corrected chi connectivity index (χ1v) is 5.13. The fraction of sp³-hybridized carbons (Fsp3) is 0. The van der Waals surface area contributed by atoms with Gasteiger partial charge < -0.3 is 4.42 Å². The maximum atomic E-state index is 12.2. The molecule has 0 bridgehead atoms. The van der Waals surface area contributed by atoms with Crippen molar-refractivity contribution >= 4 is 16.8 Å². The van der Waals surface area contributed by atoms with E-state index in [1.165, 1.54) is 12.5 Å². The summed E-state index contributed by atoms with van der Waals surface area (Å²) in [6.45, 7) is 0. The third-order valence-electron chi connectivity index (χ3n) is 2.53. The molecule has 0 amide bonds. The number of benzene rings is 1. The fourth-order valence-electron chi connectivity index (χ4n) is 1.73. The zero-order chi connectivity index (χ0) is 11.7. The van der Waals surface area contributed by atoms with Crippen molar-refractivity contribution in [1.29, 1.82) is 0 Å². The average molecular weight is 224 g/mol. The molecule has 17 heavy (non-hydrogen) atoms. The number of fused-ring (bicyclic) bond motifs is 1. The quantitative estimate of drug-likeness (QED) is 0.627. The van der Waals surface area contributed by atoms with Gasteiger partial charge in [0.1, 0.15) is 6.26 Å². The van der Waals surface area contributed by atoms with Gasteiger partial charge in [-0.3, -0.25) is 14.8 Å². The predicted octanol–water partition coefficient (Wildman–Crippen LogP) is 2.45. The molecule has 4 heteroatoms. The minimum atomic E-state index is -0.107. The summed E-state index contributed by atoms with van der Waals surface area (Å²) in [5, 5.41) is 0. The van der Waals surface area contributed by atoms with Gasteiger partial charge in [0.25, 0.3) is 0 Å². The highest BCUT2D eigenvalue weighted by atomic mass is 16.3. The summed E-state index contributed by atoms with van der Waals surface area (Å²) in [6, 6.07) is 7.00. The van der Waals surface area contributed by atoms with Gasteiger partial charge in [-0.1, -0.05) is 6.07 Å². The Balaban J connectivity index is 2.21.